The maximum absolute atomic E-state index is 10.2. The molecule has 1 aromatic carbocycles. The van der Waals surface area contributed by atoms with Gasteiger partial charge >= 0.3 is 0 Å². The molecule has 0 aliphatic carbocycles. The third kappa shape index (κ3) is 1.74. The summed E-state index contributed by atoms with van der Waals surface area (Å²) in [4.78, 5) is 0. The molecule has 0 atom stereocenters. The van der Waals surface area contributed by atoms with Gasteiger partial charge < -0.3 is 9.67 Å². The number of aromatic nitrogens is 1. The fraction of sp³-hybridized carbons (Fsp3) is 0.429. The van der Waals surface area contributed by atoms with Gasteiger partial charge in [0.05, 0.1) is 11.3 Å². The SMILES string of the molecule is CCn1c(C(C)(C)O)cc2ccc(C)cc21. The van der Waals surface area contributed by atoms with Crippen LogP contribution in [0.3, 0.4) is 0 Å². The van der Waals surface area contributed by atoms with Crippen LogP contribution in [-0.2, 0) is 12.1 Å². The van der Waals surface area contributed by atoms with Crippen molar-refractivity contribution >= 4 is 10.9 Å². The molecule has 2 nitrogen and oxygen atoms in total. The van der Waals surface area contributed by atoms with E-state index in [2.05, 4.69) is 42.7 Å². The van der Waals surface area contributed by atoms with Crippen molar-refractivity contribution in [2.45, 2.75) is 39.8 Å². The van der Waals surface area contributed by atoms with Gasteiger partial charge in [-0.05, 0) is 50.8 Å². The van der Waals surface area contributed by atoms with E-state index >= 15 is 0 Å². The van der Waals surface area contributed by atoms with Gasteiger partial charge in [0.2, 0.25) is 0 Å². The van der Waals surface area contributed by atoms with Gasteiger partial charge in [-0.1, -0.05) is 12.1 Å². The van der Waals surface area contributed by atoms with E-state index in [0.717, 1.165) is 12.2 Å². The van der Waals surface area contributed by atoms with Crippen LogP contribution in [0, 0.1) is 6.92 Å². The zero-order valence-corrected chi connectivity index (χ0v) is 10.4. The van der Waals surface area contributed by atoms with Crippen LogP contribution in [-0.4, -0.2) is 9.67 Å². The lowest BCUT2D eigenvalue weighted by Crippen LogP contribution is -2.20. The van der Waals surface area contributed by atoms with E-state index in [9.17, 15) is 5.11 Å². The number of benzene rings is 1. The Labute approximate surface area is 96.5 Å². The molecule has 0 spiro atoms. The van der Waals surface area contributed by atoms with Gasteiger partial charge in [0.15, 0.2) is 0 Å². The smallest absolute Gasteiger partial charge is 0.0989 e. The Kier molecular flexibility index (Phi) is 2.55. The minimum absolute atomic E-state index is 0.789. The van der Waals surface area contributed by atoms with Crippen LogP contribution < -0.4 is 0 Å². The topological polar surface area (TPSA) is 25.2 Å². The Morgan fingerprint density at radius 3 is 2.50 bits per heavy atom. The van der Waals surface area contributed by atoms with E-state index in [-0.39, 0.29) is 0 Å². The molecule has 0 bridgehead atoms. The molecular weight excluding hydrogens is 198 g/mol. The summed E-state index contributed by atoms with van der Waals surface area (Å²) >= 11 is 0. The van der Waals surface area contributed by atoms with Crippen LogP contribution in [0.4, 0.5) is 0 Å². The maximum atomic E-state index is 10.2. The lowest BCUT2D eigenvalue weighted by atomic mass is 10.1. The number of aliphatic hydroxyl groups is 1. The van der Waals surface area contributed by atoms with E-state index in [0.29, 0.717) is 0 Å². The lowest BCUT2D eigenvalue weighted by Gasteiger charge is -2.20. The fourth-order valence-electron chi connectivity index (χ4n) is 2.21. The molecule has 0 fully saturated rings. The molecule has 0 unspecified atom stereocenters. The second-order valence-electron chi connectivity index (χ2n) is 4.90. The Balaban J connectivity index is 2.77. The molecule has 2 heteroatoms. The summed E-state index contributed by atoms with van der Waals surface area (Å²) in [6, 6.07) is 8.48. The van der Waals surface area contributed by atoms with Crippen molar-refractivity contribution < 1.29 is 5.11 Å². The van der Waals surface area contributed by atoms with E-state index in [1.165, 1.54) is 16.5 Å². The molecule has 0 saturated heterocycles. The van der Waals surface area contributed by atoms with Crippen LogP contribution in [0.2, 0.25) is 0 Å². The number of fused-ring (bicyclic) bond motifs is 1. The van der Waals surface area contributed by atoms with E-state index < -0.39 is 5.60 Å². The normalized spacial score (nSPS) is 12.3. The Bertz CT molecular complexity index is 517. The second kappa shape index (κ2) is 3.63. The van der Waals surface area contributed by atoms with Crippen molar-refractivity contribution in [3.05, 3.63) is 35.5 Å². The van der Waals surface area contributed by atoms with Crippen LogP contribution in [0.1, 0.15) is 32.0 Å². The quantitative estimate of drug-likeness (QED) is 0.821. The van der Waals surface area contributed by atoms with Crippen LogP contribution in [0.15, 0.2) is 24.3 Å². The van der Waals surface area contributed by atoms with Crippen molar-refractivity contribution in [2.75, 3.05) is 0 Å². The summed E-state index contributed by atoms with van der Waals surface area (Å²) in [6.07, 6.45) is 0. The average molecular weight is 217 g/mol. The van der Waals surface area contributed by atoms with Gasteiger partial charge in [-0.15, -0.1) is 0 Å². The molecule has 0 aliphatic rings. The molecule has 1 heterocycles. The summed E-state index contributed by atoms with van der Waals surface area (Å²) in [6.45, 7) is 8.75. The predicted molar refractivity (Wildman–Crippen MR) is 67.6 cm³/mol. The molecule has 0 amide bonds. The molecule has 86 valence electrons. The third-order valence-corrected chi connectivity index (χ3v) is 3.00. The Morgan fingerprint density at radius 2 is 1.94 bits per heavy atom. The van der Waals surface area contributed by atoms with Crippen molar-refractivity contribution in [3.8, 4) is 0 Å². The molecule has 1 N–H and O–H groups in total. The zero-order valence-electron chi connectivity index (χ0n) is 10.4. The molecule has 0 saturated carbocycles. The van der Waals surface area contributed by atoms with Gasteiger partial charge in [0.1, 0.15) is 0 Å². The number of hydrogen-bond donors (Lipinski definition) is 1. The largest absolute Gasteiger partial charge is 0.384 e. The number of aryl methyl sites for hydroxylation is 2. The van der Waals surface area contributed by atoms with Crippen molar-refractivity contribution in [1.82, 2.24) is 4.57 Å². The summed E-state index contributed by atoms with van der Waals surface area (Å²) in [5.74, 6) is 0. The molecule has 0 radical (unpaired) electrons. The highest BCUT2D eigenvalue weighted by atomic mass is 16.3. The van der Waals surface area contributed by atoms with Gasteiger partial charge in [0.25, 0.3) is 0 Å². The van der Waals surface area contributed by atoms with E-state index in [1.807, 2.05) is 13.8 Å². The first-order valence-corrected chi connectivity index (χ1v) is 5.76. The third-order valence-electron chi connectivity index (χ3n) is 3.00. The highest BCUT2D eigenvalue weighted by molar-refractivity contribution is 5.82. The number of nitrogens with zero attached hydrogens (tertiary/aromatic N) is 1. The van der Waals surface area contributed by atoms with Gasteiger partial charge in [-0.25, -0.2) is 0 Å². The molecule has 1 aromatic heterocycles. The van der Waals surface area contributed by atoms with E-state index in [1.54, 1.807) is 0 Å². The predicted octanol–water partition coefficient (Wildman–Crippen LogP) is 3.20. The summed E-state index contributed by atoms with van der Waals surface area (Å²) < 4.78 is 2.18. The van der Waals surface area contributed by atoms with E-state index in [4.69, 9.17) is 0 Å². The van der Waals surface area contributed by atoms with Gasteiger partial charge in [-0.3, -0.25) is 0 Å². The summed E-state index contributed by atoms with van der Waals surface area (Å²) in [7, 11) is 0. The number of hydrogen-bond acceptors (Lipinski definition) is 1. The van der Waals surface area contributed by atoms with Crippen molar-refractivity contribution in [3.63, 3.8) is 0 Å². The molecule has 16 heavy (non-hydrogen) atoms. The first-order valence-electron chi connectivity index (χ1n) is 5.76. The second-order valence-corrected chi connectivity index (χ2v) is 4.90. The average Bonchev–Trinajstić information content (AvgIpc) is 2.54. The van der Waals surface area contributed by atoms with Crippen LogP contribution in [0.25, 0.3) is 10.9 Å². The lowest BCUT2D eigenvalue weighted by molar-refractivity contribution is 0.0704. The standard InChI is InChI=1S/C14H19NO/c1-5-15-12-8-10(2)6-7-11(12)9-13(15)14(3,4)16/h6-9,16H,5H2,1-4H3. The first kappa shape index (κ1) is 11.2. The summed E-state index contributed by atoms with van der Waals surface area (Å²) in [5.41, 5.74) is 2.65. The molecule has 2 aromatic rings. The maximum Gasteiger partial charge on any atom is 0.0989 e. The van der Waals surface area contributed by atoms with Gasteiger partial charge in [-0.2, -0.15) is 0 Å². The molecular formula is C14H19NO. The monoisotopic (exact) mass is 217 g/mol. The minimum Gasteiger partial charge on any atom is -0.384 e. The van der Waals surface area contributed by atoms with Crippen LogP contribution >= 0.6 is 0 Å². The van der Waals surface area contributed by atoms with Gasteiger partial charge in [0, 0.05) is 12.1 Å². The summed E-state index contributed by atoms with van der Waals surface area (Å²) in [5, 5.41) is 11.3. The van der Waals surface area contributed by atoms with Crippen LogP contribution in [0.5, 0.6) is 0 Å². The minimum atomic E-state index is -0.789. The Morgan fingerprint density at radius 1 is 1.25 bits per heavy atom. The molecule has 0 aliphatic heterocycles. The molecule has 2 rings (SSSR count). The fourth-order valence-corrected chi connectivity index (χ4v) is 2.21. The van der Waals surface area contributed by atoms with Crippen molar-refractivity contribution in [1.29, 1.82) is 0 Å². The highest BCUT2D eigenvalue weighted by Gasteiger charge is 2.21. The Hall–Kier alpha value is -1.28. The zero-order chi connectivity index (χ0) is 11.9. The highest BCUT2D eigenvalue weighted by Crippen LogP contribution is 2.28. The van der Waals surface area contributed by atoms with Crippen molar-refractivity contribution in [2.24, 2.45) is 0 Å². The number of rotatable bonds is 2. The first-order chi connectivity index (χ1) is 7.43.